The average molecular weight is 409 g/mol. The third-order valence-electron chi connectivity index (χ3n) is 4.85. The molecule has 1 heterocycles. The van der Waals surface area contributed by atoms with Crippen molar-refractivity contribution in [1.29, 1.82) is 0 Å². The van der Waals surface area contributed by atoms with E-state index in [0.29, 0.717) is 17.3 Å². The summed E-state index contributed by atoms with van der Waals surface area (Å²) in [4.78, 5) is 12.7. The molecule has 0 radical (unpaired) electrons. The minimum absolute atomic E-state index is 0.225. The van der Waals surface area contributed by atoms with Crippen LogP contribution < -0.4 is 19.5 Å². The first kappa shape index (κ1) is 21.3. The van der Waals surface area contributed by atoms with E-state index in [2.05, 4.69) is 5.32 Å². The smallest absolute Gasteiger partial charge is 0.287 e. The van der Waals surface area contributed by atoms with Gasteiger partial charge in [-0.2, -0.15) is 0 Å². The number of carbonyl (C=O) groups excluding carboxylic acids is 1. The Bertz CT molecular complexity index is 1020. The van der Waals surface area contributed by atoms with Crippen molar-refractivity contribution in [1.82, 2.24) is 5.32 Å². The van der Waals surface area contributed by atoms with Crippen LogP contribution >= 0.6 is 0 Å². The van der Waals surface area contributed by atoms with Crippen LogP contribution in [0.25, 0.3) is 0 Å². The standard InChI is InChI=1S/C24H27NO5/c1-15-6-7-16(2)23(12-15)29-14-19-9-11-22(30-19)24(26)25-17(3)20-13-18(27-4)8-10-21(20)28-5/h6-13,17H,14H2,1-5H3,(H,25,26). The molecule has 1 atom stereocenters. The summed E-state index contributed by atoms with van der Waals surface area (Å²) in [7, 11) is 3.19. The van der Waals surface area contributed by atoms with Gasteiger partial charge in [-0.15, -0.1) is 0 Å². The van der Waals surface area contributed by atoms with Gasteiger partial charge in [0.2, 0.25) is 0 Å². The number of carbonyl (C=O) groups is 1. The Labute approximate surface area is 176 Å². The highest BCUT2D eigenvalue weighted by molar-refractivity contribution is 5.91. The predicted octanol–water partition coefficient (Wildman–Crippen LogP) is 4.98. The first-order chi connectivity index (χ1) is 14.4. The van der Waals surface area contributed by atoms with Gasteiger partial charge in [0.05, 0.1) is 20.3 Å². The van der Waals surface area contributed by atoms with Crippen molar-refractivity contribution in [3.05, 3.63) is 76.7 Å². The van der Waals surface area contributed by atoms with E-state index < -0.39 is 0 Å². The fourth-order valence-electron chi connectivity index (χ4n) is 3.11. The number of aryl methyl sites for hydroxylation is 2. The largest absolute Gasteiger partial charge is 0.497 e. The molecule has 0 aliphatic heterocycles. The van der Waals surface area contributed by atoms with Crippen molar-refractivity contribution in [2.75, 3.05) is 14.2 Å². The van der Waals surface area contributed by atoms with Gasteiger partial charge in [0.15, 0.2) is 5.76 Å². The number of hydrogen-bond acceptors (Lipinski definition) is 5. The van der Waals surface area contributed by atoms with E-state index in [1.165, 1.54) is 0 Å². The molecule has 1 amide bonds. The summed E-state index contributed by atoms with van der Waals surface area (Å²) in [6, 6.07) is 14.6. The Kier molecular flexibility index (Phi) is 6.67. The number of nitrogens with one attached hydrogen (secondary N) is 1. The van der Waals surface area contributed by atoms with Gasteiger partial charge < -0.3 is 23.9 Å². The molecule has 0 saturated carbocycles. The van der Waals surface area contributed by atoms with Crippen LogP contribution in [0.5, 0.6) is 17.2 Å². The van der Waals surface area contributed by atoms with Gasteiger partial charge in [-0.05, 0) is 68.3 Å². The lowest BCUT2D eigenvalue weighted by Gasteiger charge is -2.17. The van der Waals surface area contributed by atoms with E-state index >= 15 is 0 Å². The first-order valence-electron chi connectivity index (χ1n) is 9.72. The SMILES string of the molecule is COc1ccc(OC)c(C(C)NC(=O)c2ccc(COc3cc(C)ccc3C)o2)c1. The van der Waals surface area contributed by atoms with E-state index in [0.717, 1.165) is 22.4 Å². The van der Waals surface area contributed by atoms with Gasteiger partial charge in [-0.25, -0.2) is 0 Å². The van der Waals surface area contributed by atoms with Gasteiger partial charge >= 0.3 is 0 Å². The second-order valence-corrected chi connectivity index (χ2v) is 7.13. The molecule has 0 bridgehead atoms. The molecule has 6 nitrogen and oxygen atoms in total. The third kappa shape index (κ3) is 4.95. The maximum absolute atomic E-state index is 12.7. The van der Waals surface area contributed by atoms with Gasteiger partial charge in [-0.1, -0.05) is 12.1 Å². The Balaban J connectivity index is 1.65. The molecule has 0 aliphatic rings. The van der Waals surface area contributed by atoms with Crippen LogP contribution in [0.2, 0.25) is 0 Å². The monoisotopic (exact) mass is 409 g/mol. The van der Waals surface area contributed by atoms with Crippen LogP contribution in [-0.4, -0.2) is 20.1 Å². The summed E-state index contributed by atoms with van der Waals surface area (Å²) in [6.45, 7) is 6.13. The summed E-state index contributed by atoms with van der Waals surface area (Å²) >= 11 is 0. The molecule has 3 rings (SSSR count). The summed E-state index contributed by atoms with van der Waals surface area (Å²) in [6.07, 6.45) is 0. The van der Waals surface area contributed by atoms with Gasteiger partial charge in [-0.3, -0.25) is 4.79 Å². The number of ether oxygens (including phenoxy) is 3. The maximum atomic E-state index is 12.7. The van der Waals surface area contributed by atoms with Crippen molar-refractivity contribution < 1.29 is 23.4 Å². The number of rotatable bonds is 8. The second-order valence-electron chi connectivity index (χ2n) is 7.13. The minimum Gasteiger partial charge on any atom is -0.497 e. The summed E-state index contributed by atoms with van der Waals surface area (Å²) < 4.78 is 22.2. The van der Waals surface area contributed by atoms with Crippen molar-refractivity contribution in [2.45, 2.75) is 33.4 Å². The minimum atomic E-state index is -0.314. The molecule has 30 heavy (non-hydrogen) atoms. The molecule has 3 aromatic rings. The van der Waals surface area contributed by atoms with Crippen LogP contribution in [0.15, 0.2) is 52.9 Å². The Morgan fingerprint density at radius 1 is 1.00 bits per heavy atom. The number of methoxy groups -OCH3 is 2. The van der Waals surface area contributed by atoms with Crippen LogP contribution in [-0.2, 0) is 6.61 Å². The van der Waals surface area contributed by atoms with E-state index in [1.54, 1.807) is 26.4 Å². The van der Waals surface area contributed by atoms with Crippen LogP contribution in [0.4, 0.5) is 0 Å². The second kappa shape index (κ2) is 9.39. The highest BCUT2D eigenvalue weighted by Gasteiger charge is 2.18. The third-order valence-corrected chi connectivity index (χ3v) is 4.85. The van der Waals surface area contributed by atoms with Crippen molar-refractivity contribution in [2.24, 2.45) is 0 Å². The van der Waals surface area contributed by atoms with Crippen LogP contribution in [0.3, 0.4) is 0 Å². The molecule has 0 spiro atoms. The molecule has 2 aromatic carbocycles. The molecule has 0 aliphatic carbocycles. The quantitative estimate of drug-likeness (QED) is 0.568. The topological polar surface area (TPSA) is 69.9 Å². The van der Waals surface area contributed by atoms with E-state index in [4.69, 9.17) is 18.6 Å². The summed E-state index contributed by atoms with van der Waals surface area (Å²) in [5.74, 6) is 2.65. The molecule has 1 aromatic heterocycles. The maximum Gasteiger partial charge on any atom is 0.287 e. The zero-order chi connectivity index (χ0) is 21.7. The molecule has 6 heteroatoms. The number of hydrogen-bond donors (Lipinski definition) is 1. The Hall–Kier alpha value is -3.41. The predicted molar refractivity (Wildman–Crippen MR) is 114 cm³/mol. The fourth-order valence-corrected chi connectivity index (χ4v) is 3.11. The lowest BCUT2D eigenvalue weighted by atomic mass is 10.1. The van der Waals surface area contributed by atoms with Crippen LogP contribution in [0, 0.1) is 13.8 Å². The Morgan fingerprint density at radius 2 is 1.80 bits per heavy atom. The molecule has 1 unspecified atom stereocenters. The zero-order valence-electron chi connectivity index (χ0n) is 17.9. The van der Waals surface area contributed by atoms with Crippen LogP contribution in [0.1, 0.15) is 46.0 Å². The van der Waals surface area contributed by atoms with E-state index in [9.17, 15) is 4.79 Å². The average Bonchev–Trinajstić information content (AvgIpc) is 3.23. The molecular formula is C24H27NO5. The van der Waals surface area contributed by atoms with Gasteiger partial charge in [0, 0.05) is 5.56 Å². The highest BCUT2D eigenvalue weighted by Crippen LogP contribution is 2.29. The lowest BCUT2D eigenvalue weighted by Crippen LogP contribution is -2.26. The zero-order valence-corrected chi connectivity index (χ0v) is 17.9. The molecule has 0 fully saturated rings. The van der Waals surface area contributed by atoms with E-state index in [1.807, 2.05) is 57.2 Å². The molecular weight excluding hydrogens is 382 g/mol. The van der Waals surface area contributed by atoms with E-state index in [-0.39, 0.29) is 24.3 Å². The fraction of sp³-hybridized carbons (Fsp3) is 0.292. The summed E-state index contributed by atoms with van der Waals surface area (Å²) in [5.41, 5.74) is 2.98. The number of amides is 1. The summed E-state index contributed by atoms with van der Waals surface area (Å²) in [5, 5.41) is 2.93. The molecule has 1 N–H and O–H groups in total. The number of benzene rings is 2. The van der Waals surface area contributed by atoms with Crippen molar-refractivity contribution >= 4 is 5.91 Å². The Morgan fingerprint density at radius 3 is 2.53 bits per heavy atom. The van der Waals surface area contributed by atoms with Crippen molar-refractivity contribution in [3.63, 3.8) is 0 Å². The van der Waals surface area contributed by atoms with Gasteiger partial charge in [0.25, 0.3) is 5.91 Å². The molecule has 158 valence electrons. The lowest BCUT2D eigenvalue weighted by molar-refractivity contribution is 0.0907. The normalized spacial score (nSPS) is 11.6. The van der Waals surface area contributed by atoms with Gasteiger partial charge in [0.1, 0.15) is 29.6 Å². The highest BCUT2D eigenvalue weighted by atomic mass is 16.5. The first-order valence-corrected chi connectivity index (χ1v) is 9.72. The molecule has 0 saturated heterocycles. The van der Waals surface area contributed by atoms with Crippen molar-refractivity contribution in [3.8, 4) is 17.2 Å². The number of furan rings is 1.